The number of hydrogen-bond donors (Lipinski definition) is 1. The van der Waals surface area contributed by atoms with Gasteiger partial charge >= 0.3 is 0 Å². The number of benzene rings is 1. The van der Waals surface area contributed by atoms with E-state index in [0.717, 1.165) is 17.9 Å². The maximum atomic E-state index is 12.4. The molecule has 2 aromatic rings. The largest absolute Gasteiger partial charge is 0.381 e. The zero-order valence-corrected chi connectivity index (χ0v) is 18.2. The molecule has 0 spiro atoms. The summed E-state index contributed by atoms with van der Waals surface area (Å²) in [6, 6.07) is 12.3. The number of anilines is 1. The van der Waals surface area contributed by atoms with Crippen LogP contribution in [0.3, 0.4) is 0 Å². The molecule has 5 heteroatoms. The Balaban J connectivity index is 1.80. The van der Waals surface area contributed by atoms with Gasteiger partial charge in [0.1, 0.15) is 5.82 Å². The highest BCUT2D eigenvalue weighted by atomic mass is 16.5. The zero-order chi connectivity index (χ0) is 20.8. The molecular weight excluding hydrogens is 350 g/mol. The molecule has 1 N–H and O–H groups in total. The Labute approximate surface area is 169 Å². The molecule has 0 unspecified atom stereocenters. The minimum absolute atomic E-state index is 0.00230. The summed E-state index contributed by atoms with van der Waals surface area (Å²) in [5, 5.41) is 7.76. The number of nitrogens with zero attached hydrogens (tertiary/aromatic N) is 2. The minimum atomic E-state index is -0.202. The summed E-state index contributed by atoms with van der Waals surface area (Å²) >= 11 is 0. The van der Waals surface area contributed by atoms with Gasteiger partial charge in [-0.1, -0.05) is 51.1 Å². The van der Waals surface area contributed by atoms with Crippen LogP contribution in [0.4, 0.5) is 5.82 Å². The lowest BCUT2D eigenvalue weighted by Gasteiger charge is -2.23. The van der Waals surface area contributed by atoms with Crippen molar-refractivity contribution in [3.8, 4) is 0 Å². The first-order valence-electron chi connectivity index (χ1n) is 10.1. The number of aromatic nitrogens is 2. The van der Waals surface area contributed by atoms with Crippen LogP contribution in [-0.2, 0) is 26.9 Å². The highest BCUT2D eigenvalue weighted by Gasteiger charge is 2.25. The van der Waals surface area contributed by atoms with E-state index in [1.807, 2.05) is 28.9 Å². The maximum Gasteiger partial charge on any atom is 0.225 e. The van der Waals surface area contributed by atoms with Crippen molar-refractivity contribution >= 4 is 11.7 Å². The fourth-order valence-corrected chi connectivity index (χ4v) is 2.82. The highest BCUT2D eigenvalue weighted by molar-refractivity contribution is 5.89. The molecule has 1 aromatic heterocycles. The fourth-order valence-electron chi connectivity index (χ4n) is 2.82. The summed E-state index contributed by atoms with van der Waals surface area (Å²) in [6.45, 7) is 13.9. The third-order valence-electron chi connectivity index (χ3n) is 4.45. The smallest absolute Gasteiger partial charge is 0.225 e. The average Bonchev–Trinajstić information content (AvgIpc) is 3.03. The van der Waals surface area contributed by atoms with Crippen LogP contribution in [-0.4, -0.2) is 28.9 Å². The number of nitrogens with one attached hydrogen (secondary N) is 1. The number of carbonyl (C=O) groups excluding carboxylic acids is 1. The van der Waals surface area contributed by atoms with Crippen molar-refractivity contribution in [3.05, 3.63) is 47.7 Å². The van der Waals surface area contributed by atoms with Crippen molar-refractivity contribution in [2.45, 2.75) is 71.8 Å². The molecule has 2 rings (SSSR count). The first kappa shape index (κ1) is 22.2. The first-order chi connectivity index (χ1) is 13.1. The molecule has 154 valence electrons. The van der Waals surface area contributed by atoms with Crippen LogP contribution < -0.4 is 5.32 Å². The number of amides is 1. The molecule has 0 aliphatic carbocycles. The third kappa shape index (κ3) is 6.79. The van der Waals surface area contributed by atoms with Gasteiger partial charge in [-0.3, -0.25) is 4.79 Å². The van der Waals surface area contributed by atoms with Crippen LogP contribution in [0.5, 0.6) is 0 Å². The Morgan fingerprint density at radius 2 is 1.75 bits per heavy atom. The van der Waals surface area contributed by atoms with Crippen LogP contribution >= 0.6 is 0 Å². The Hall–Kier alpha value is -2.14. The van der Waals surface area contributed by atoms with E-state index >= 15 is 0 Å². The Morgan fingerprint density at radius 3 is 2.36 bits per heavy atom. The number of ether oxygens (including phenoxy) is 1. The van der Waals surface area contributed by atoms with E-state index in [-0.39, 0.29) is 16.9 Å². The van der Waals surface area contributed by atoms with Crippen molar-refractivity contribution in [2.75, 3.05) is 18.5 Å². The maximum absolute atomic E-state index is 12.4. The zero-order valence-electron chi connectivity index (χ0n) is 18.2. The predicted octanol–water partition coefficient (Wildman–Crippen LogP) is 4.91. The number of hydrogen-bond acceptors (Lipinski definition) is 3. The summed E-state index contributed by atoms with van der Waals surface area (Å²) < 4.78 is 7.57. The summed E-state index contributed by atoms with van der Waals surface area (Å²) in [6.07, 6.45) is 2.04. The third-order valence-corrected chi connectivity index (χ3v) is 4.45. The van der Waals surface area contributed by atoms with Crippen molar-refractivity contribution < 1.29 is 9.53 Å². The summed E-state index contributed by atoms with van der Waals surface area (Å²) in [7, 11) is 0. The van der Waals surface area contributed by atoms with Gasteiger partial charge in [-0.05, 0) is 39.2 Å². The van der Waals surface area contributed by atoms with Gasteiger partial charge in [-0.2, -0.15) is 5.10 Å². The van der Waals surface area contributed by atoms with Crippen molar-refractivity contribution in [1.82, 2.24) is 9.78 Å². The predicted molar refractivity (Wildman–Crippen MR) is 115 cm³/mol. The molecule has 0 atom stereocenters. The van der Waals surface area contributed by atoms with E-state index in [1.165, 1.54) is 5.56 Å². The second-order valence-corrected chi connectivity index (χ2v) is 9.25. The van der Waals surface area contributed by atoms with Crippen molar-refractivity contribution in [2.24, 2.45) is 0 Å². The van der Waals surface area contributed by atoms with Gasteiger partial charge < -0.3 is 10.1 Å². The van der Waals surface area contributed by atoms with Crippen molar-refractivity contribution in [1.29, 1.82) is 0 Å². The normalized spacial score (nSPS) is 12.2. The number of carbonyl (C=O) groups is 1. The van der Waals surface area contributed by atoms with Crippen LogP contribution in [0.2, 0.25) is 0 Å². The highest BCUT2D eigenvalue weighted by Crippen LogP contribution is 2.28. The lowest BCUT2D eigenvalue weighted by molar-refractivity contribution is -0.116. The van der Waals surface area contributed by atoms with Gasteiger partial charge in [0, 0.05) is 24.5 Å². The van der Waals surface area contributed by atoms with E-state index < -0.39 is 0 Å². The van der Waals surface area contributed by atoms with Gasteiger partial charge in [0.25, 0.3) is 0 Å². The van der Waals surface area contributed by atoms with Crippen LogP contribution in [0.1, 0.15) is 65.6 Å². The molecule has 0 aliphatic heterocycles. The van der Waals surface area contributed by atoms with E-state index in [9.17, 15) is 4.79 Å². The summed E-state index contributed by atoms with van der Waals surface area (Å²) in [5.74, 6) is 0.755. The minimum Gasteiger partial charge on any atom is -0.381 e. The Kier molecular flexibility index (Phi) is 7.41. The lowest BCUT2D eigenvalue weighted by atomic mass is 9.92. The second kappa shape index (κ2) is 9.37. The fraction of sp³-hybridized carbons (Fsp3) is 0.565. The topological polar surface area (TPSA) is 56.1 Å². The molecule has 0 aliphatic rings. The molecule has 1 aromatic carbocycles. The van der Waals surface area contributed by atoms with Crippen LogP contribution in [0, 0.1) is 0 Å². The number of rotatable bonds is 8. The average molecular weight is 386 g/mol. The first-order valence-corrected chi connectivity index (χ1v) is 10.1. The van der Waals surface area contributed by atoms with Gasteiger partial charge in [-0.15, -0.1) is 0 Å². The van der Waals surface area contributed by atoms with Crippen molar-refractivity contribution in [3.63, 3.8) is 0 Å². The SMILES string of the molecule is CC(C)(C)c1cc(NC(=O)CCCOCCc2ccccc2)n(C(C)(C)C)n1. The molecule has 28 heavy (non-hydrogen) atoms. The summed E-state index contributed by atoms with van der Waals surface area (Å²) in [5.41, 5.74) is 1.97. The molecule has 0 fully saturated rings. The molecular formula is C23H35N3O2. The molecule has 5 nitrogen and oxygen atoms in total. The van der Waals surface area contributed by atoms with Crippen LogP contribution in [0.25, 0.3) is 0 Å². The summed E-state index contributed by atoms with van der Waals surface area (Å²) in [4.78, 5) is 12.4. The standard InChI is InChI=1S/C23H35N3O2/c1-22(2,3)19-17-20(26(25-19)23(4,5)6)24-21(27)13-10-15-28-16-14-18-11-8-7-9-12-18/h7-9,11-12,17H,10,13-16H2,1-6H3,(H,24,27). The van der Waals surface area contributed by atoms with Gasteiger partial charge in [0.05, 0.1) is 17.8 Å². The quantitative estimate of drug-likeness (QED) is 0.657. The van der Waals surface area contributed by atoms with Gasteiger partial charge in [-0.25, -0.2) is 4.68 Å². The second-order valence-electron chi connectivity index (χ2n) is 9.25. The molecule has 0 radical (unpaired) electrons. The van der Waals surface area contributed by atoms with Gasteiger partial charge in [0.2, 0.25) is 5.91 Å². The molecule has 0 saturated heterocycles. The van der Waals surface area contributed by atoms with Gasteiger partial charge in [0.15, 0.2) is 0 Å². The van der Waals surface area contributed by atoms with E-state index in [2.05, 4.69) is 59.0 Å². The molecule has 1 heterocycles. The molecule has 0 bridgehead atoms. The lowest BCUT2D eigenvalue weighted by Crippen LogP contribution is -2.27. The monoisotopic (exact) mass is 385 g/mol. The molecule has 0 saturated carbocycles. The Morgan fingerprint density at radius 1 is 1.07 bits per heavy atom. The van der Waals surface area contributed by atoms with E-state index in [0.29, 0.717) is 26.1 Å². The van der Waals surface area contributed by atoms with Crippen LogP contribution in [0.15, 0.2) is 36.4 Å². The van der Waals surface area contributed by atoms with E-state index in [1.54, 1.807) is 0 Å². The Bertz CT molecular complexity index is 752. The van der Waals surface area contributed by atoms with E-state index in [4.69, 9.17) is 9.84 Å². The molecule has 1 amide bonds.